The van der Waals surface area contributed by atoms with Crippen LogP contribution in [-0.4, -0.2) is 63.0 Å². The summed E-state index contributed by atoms with van der Waals surface area (Å²) < 4.78 is 10.3. The second-order valence-corrected chi connectivity index (χ2v) is 5.82. The standard InChI is InChI=1S/C15H31N3O2/c1-13(2)17-15(4,12-16)11-14(3)18(7-9-19-5)8-10-20-6/h13-14,17H,7-11H2,1-6H3. The zero-order chi connectivity index (χ0) is 15.6. The van der Waals surface area contributed by atoms with Crippen molar-refractivity contribution in [1.29, 1.82) is 5.26 Å². The molecule has 118 valence electrons. The van der Waals surface area contributed by atoms with E-state index < -0.39 is 5.54 Å². The molecule has 0 saturated heterocycles. The summed E-state index contributed by atoms with van der Waals surface area (Å²) in [7, 11) is 3.41. The number of hydrogen-bond donors (Lipinski definition) is 1. The fraction of sp³-hybridized carbons (Fsp3) is 0.933. The lowest BCUT2D eigenvalue weighted by Crippen LogP contribution is -2.50. The summed E-state index contributed by atoms with van der Waals surface area (Å²) in [6.45, 7) is 11.3. The van der Waals surface area contributed by atoms with Crippen LogP contribution in [0.1, 0.15) is 34.1 Å². The summed E-state index contributed by atoms with van der Waals surface area (Å²) in [6, 6.07) is 2.99. The minimum absolute atomic E-state index is 0.288. The molecule has 2 atom stereocenters. The van der Waals surface area contributed by atoms with Crippen LogP contribution in [0.25, 0.3) is 0 Å². The van der Waals surface area contributed by atoms with Gasteiger partial charge < -0.3 is 9.47 Å². The molecule has 0 aliphatic carbocycles. The van der Waals surface area contributed by atoms with Crippen molar-refractivity contribution in [2.75, 3.05) is 40.5 Å². The summed E-state index contributed by atoms with van der Waals surface area (Å²) in [4.78, 5) is 2.31. The summed E-state index contributed by atoms with van der Waals surface area (Å²) in [5, 5.41) is 12.8. The van der Waals surface area contributed by atoms with Crippen molar-refractivity contribution in [1.82, 2.24) is 10.2 Å². The van der Waals surface area contributed by atoms with Crippen LogP contribution in [0.3, 0.4) is 0 Å². The van der Waals surface area contributed by atoms with E-state index in [1.165, 1.54) is 0 Å². The minimum Gasteiger partial charge on any atom is -0.383 e. The number of hydrogen-bond acceptors (Lipinski definition) is 5. The Bertz CT molecular complexity index is 283. The van der Waals surface area contributed by atoms with Gasteiger partial charge in [-0.15, -0.1) is 0 Å². The molecule has 5 nitrogen and oxygen atoms in total. The third-order valence-electron chi connectivity index (χ3n) is 3.35. The van der Waals surface area contributed by atoms with E-state index in [0.717, 1.165) is 19.5 Å². The Morgan fingerprint density at radius 3 is 2.00 bits per heavy atom. The third-order valence-corrected chi connectivity index (χ3v) is 3.35. The largest absolute Gasteiger partial charge is 0.383 e. The normalized spacial score (nSPS) is 16.1. The zero-order valence-corrected chi connectivity index (χ0v) is 13.9. The first-order chi connectivity index (χ1) is 9.38. The van der Waals surface area contributed by atoms with Gasteiger partial charge in [0.1, 0.15) is 5.54 Å². The molecular weight excluding hydrogens is 254 g/mol. The van der Waals surface area contributed by atoms with E-state index in [9.17, 15) is 5.26 Å². The first-order valence-electron chi connectivity index (χ1n) is 7.29. The van der Waals surface area contributed by atoms with E-state index >= 15 is 0 Å². The topological polar surface area (TPSA) is 57.5 Å². The SMILES string of the molecule is COCCN(CCOC)C(C)CC(C)(C#N)NC(C)C. The van der Waals surface area contributed by atoms with E-state index in [1.54, 1.807) is 14.2 Å². The summed E-state index contributed by atoms with van der Waals surface area (Å²) in [5.74, 6) is 0. The third kappa shape index (κ3) is 7.81. The van der Waals surface area contributed by atoms with Gasteiger partial charge in [0, 0.05) is 39.4 Å². The van der Waals surface area contributed by atoms with Gasteiger partial charge in [-0.3, -0.25) is 10.2 Å². The van der Waals surface area contributed by atoms with Crippen LogP contribution in [0.4, 0.5) is 0 Å². The van der Waals surface area contributed by atoms with Gasteiger partial charge in [-0.25, -0.2) is 0 Å². The van der Waals surface area contributed by atoms with Gasteiger partial charge in [0.05, 0.1) is 19.3 Å². The molecule has 0 bridgehead atoms. The maximum Gasteiger partial charge on any atom is 0.105 e. The average molecular weight is 285 g/mol. The molecule has 20 heavy (non-hydrogen) atoms. The highest BCUT2D eigenvalue weighted by Gasteiger charge is 2.29. The van der Waals surface area contributed by atoms with Crippen LogP contribution in [0, 0.1) is 11.3 Å². The minimum atomic E-state index is -0.508. The molecule has 0 amide bonds. The quantitative estimate of drug-likeness (QED) is 0.625. The molecule has 0 fully saturated rings. The van der Waals surface area contributed by atoms with Crippen LogP contribution in [-0.2, 0) is 9.47 Å². The molecule has 0 aromatic rings. The molecule has 0 aliphatic rings. The number of nitrogens with one attached hydrogen (secondary N) is 1. The van der Waals surface area contributed by atoms with Crippen LogP contribution in [0.2, 0.25) is 0 Å². The lowest BCUT2D eigenvalue weighted by Gasteiger charge is -2.35. The maximum atomic E-state index is 9.44. The number of nitriles is 1. The number of ether oxygens (including phenoxy) is 2. The predicted molar refractivity (Wildman–Crippen MR) is 81.7 cm³/mol. The monoisotopic (exact) mass is 285 g/mol. The van der Waals surface area contributed by atoms with E-state index in [1.807, 2.05) is 6.92 Å². The average Bonchev–Trinajstić information content (AvgIpc) is 2.37. The smallest absolute Gasteiger partial charge is 0.105 e. The predicted octanol–water partition coefficient (Wildman–Crippen LogP) is 1.64. The van der Waals surface area contributed by atoms with E-state index in [-0.39, 0.29) is 6.04 Å². The van der Waals surface area contributed by atoms with Crippen LogP contribution >= 0.6 is 0 Å². The van der Waals surface area contributed by atoms with Gasteiger partial charge in [0.15, 0.2) is 0 Å². The Balaban J connectivity index is 4.61. The van der Waals surface area contributed by atoms with Crippen molar-refractivity contribution in [3.63, 3.8) is 0 Å². The zero-order valence-electron chi connectivity index (χ0n) is 13.9. The molecule has 0 heterocycles. The van der Waals surface area contributed by atoms with Crippen LogP contribution in [0.15, 0.2) is 0 Å². The Kier molecular flexibility index (Phi) is 9.78. The Labute approximate surface area is 124 Å². The second kappa shape index (κ2) is 10.1. The van der Waals surface area contributed by atoms with Crippen molar-refractivity contribution in [2.45, 2.75) is 51.7 Å². The Morgan fingerprint density at radius 2 is 1.65 bits per heavy atom. The molecule has 2 unspecified atom stereocenters. The summed E-state index contributed by atoms with van der Waals surface area (Å²) in [5.41, 5.74) is -0.508. The molecule has 0 saturated carbocycles. The van der Waals surface area contributed by atoms with Gasteiger partial charge in [-0.1, -0.05) is 0 Å². The number of nitrogens with zero attached hydrogens (tertiary/aromatic N) is 2. The molecule has 5 heteroatoms. The van der Waals surface area contributed by atoms with Gasteiger partial charge in [-0.2, -0.15) is 5.26 Å². The molecule has 0 aromatic heterocycles. The molecule has 0 aromatic carbocycles. The van der Waals surface area contributed by atoms with Crippen molar-refractivity contribution >= 4 is 0 Å². The number of rotatable bonds is 11. The molecule has 0 rings (SSSR count). The Morgan fingerprint density at radius 1 is 1.15 bits per heavy atom. The second-order valence-electron chi connectivity index (χ2n) is 5.82. The number of methoxy groups -OCH3 is 2. The first kappa shape index (κ1) is 19.3. The van der Waals surface area contributed by atoms with Gasteiger partial charge >= 0.3 is 0 Å². The van der Waals surface area contributed by atoms with Crippen molar-refractivity contribution < 1.29 is 9.47 Å². The van der Waals surface area contributed by atoms with Crippen LogP contribution < -0.4 is 5.32 Å². The molecule has 0 spiro atoms. The molecule has 0 radical (unpaired) electrons. The lowest BCUT2D eigenvalue weighted by atomic mass is 9.93. The highest BCUT2D eigenvalue weighted by molar-refractivity contribution is 5.06. The molecule has 0 aliphatic heterocycles. The molecule has 1 N–H and O–H groups in total. The fourth-order valence-electron chi connectivity index (χ4n) is 2.46. The van der Waals surface area contributed by atoms with Crippen molar-refractivity contribution in [3.8, 4) is 6.07 Å². The van der Waals surface area contributed by atoms with E-state index in [4.69, 9.17) is 9.47 Å². The van der Waals surface area contributed by atoms with Gasteiger partial charge in [0.2, 0.25) is 0 Å². The van der Waals surface area contributed by atoms with Crippen LogP contribution in [0.5, 0.6) is 0 Å². The lowest BCUT2D eigenvalue weighted by molar-refractivity contribution is 0.0826. The Hall–Kier alpha value is -0.670. The highest BCUT2D eigenvalue weighted by atomic mass is 16.5. The summed E-state index contributed by atoms with van der Waals surface area (Å²) in [6.07, 6.45) is 0.773. The fourth-order valence-corrected chi connectivity index (χ4v) is 2.46. The van der Waals surface area contributed by atoms with E-state index in [2.05, 4.69) is 37.1 Å². The summed E-state index contributed by atoms with van der Waals surface area (Å²) >= 11 is 0. The molecular formula is C15H31N3O2. The van der Waals surface area contributed by atoms with Gasteiger partial charge in [-0.05, 0) is 34.1 Å². The maximum absolute atomic E-state index is 9.44. The van der Waals surface area contributed by atoms with E-state index in [0.29, 0.717) is 19.3 Å². The van der Waals surface area contributed by atoms with Gasteiger partial charge in [0.25, 0.3) is 0 Å². The first-order valence-corrected chi connectivity index (χ1v) is 7.29. The van der Waals surface area contributed by atoms with Crippen molar-refractivity contribution in [2.24, 2.45) is 0 Å². The van der Waals surface area contributed by atoms with Crippen molar-refractivity contribution in [3.05, 3.63) is 0 Å². The highest BCUT2D eigenvalue weighted by Crippen LogP contribution is 2.16.